The Labute approximate surface area is 193 Å². The zero-order valence-electron chi connectivity index (χ0n) is 20.4. The van der Waals surface area contributed by atoms with Gasteiger partial charge in [0, 0.05) is 0 Å². The van der Waals surface area contributed by atoms with Gasteiger partial charge in [-0.25, -0.2) is 0 Å². The van der Waals surface area contributed by atoms with Crippen molar-refractivity contribution < 1.29 is 19.1 Å². The van der Waals surface area contributed by atoms with Gasteiger partial charge in [0.05, 0.1) is 12.8 Å². The average Bonchev–Trinajstić information content (AvgIpc) is 2.72. The number of carbonyl (C=O) groups is 2. The van der Waals surface area contributed by atoms with Crippen LogP contribution in [0.4, 0.5) is 0 Å². The maximum absolute atomic E-state index is 12.8. The molecular formula is C28H38O4. The molecule has 0 radical (unpaired) electrons. The smallest absolute Gasteiger partial charge is 0.306 e. The molecule has 0 aliphatic rings. The fourth-order valence-electron chi connectivity index (χ4n) is 4.04. The zero-order chi connectivity index (χ0) is 23.7. The molecule has 0 N–H and O–H groups in total. The molecule has 32 heavy (non-hydrogen) atoms. The van der Waals surface area contributed by atoms with Crippen molar-refractivity contribution in [2.75, 3.05) is 0 Å². The molecule has 4 heteroatoms. The SMILES string of the molecule is Cc1ccc(COC(=O)CC(CC(=O)OCc2ccc(C)cc2)(CC(C)C)C(C)C)cc1. The van der Waals surface area contributed by atoms with Gasteiger partial charge < -0.3 is 9.47 Å². The Morgan fingerprint density at radius 3 is 1.41 bits per heavy atom. The van der Waals surface area contributed by atoms with E-state index >= 15 is 0 Å². The van der Waals surface area contributed by atoms with E-state index in [0.29, 0.717) is 5.92 Å². The molecule has 0 aromatic heterocycles. The van der Waals surface area contributed by atoms with Crippen LogP contribution in [0, 0.1) is 31.1 Å². The highest BCUT2D eigenvalue weighted by atomic mass is 16.5. The molecule has 0 bridgehead atoms. The van der Waals surface area contributed by atoms with Crippen LogP contribution in [-0.2, 0) is 32.3 Å². The fraction of sp³-hybridized carbons (Fsp3) is 0.500. The van der Waals surface area contributed by atoms with Gasteiger partial charge in [0.25, 0.3) is 0 Å². The summed E-state index contributed by atoms with van der Waals surface area (Å²) in [7, 11) is 0. The first kappa shape index (κ1) is 25.6. The van der Waals surface area contributed by atoms with Crippen LogP contribution in [-0.4, -0.2) is 11.9 Å². The average molecular weight is 439 g/mol. The van der Waals surface area contributed by atoms with Crippen molar-refractivity contribution in [1.29, 1.82) is 0 Å². The van der Waals surface area contributed by atoms with Crippen LogP contribution in [0.2, 0.25) is 0 Å². The second-order valence-electron chi connectivity index (χ2n) is 9.76. The molecular weight excluding hydrogens is 400 g/mol. The summed E-state index contributed by atoms with van der Waals surface area (Å²) in [4.78, 5) is 25.6. The van der Waals surface area contributed by atoms with E-state index in [9.17, 15) is 9.59 Å². The van der Waals surface area contributed by atoms with Crippen molar-refractivity contribution in [3.8, 4) is 0 Å². The van der Waals surface area contributed by atoms with Crippen LogP contribution in [0.5, 0.6) is 0 Å². The summed E-state index contributed by atoms with van der Waals surface area (Å²) in [6.45, 7) is 12.9. The van der Waals surface area contributed by atoms with Crippen molar-refractivity contribution in [2.45, 2.75) is 74.0 Å². The lowest BCUT2D eigenvalue weighted by molar-refractivity contribution is -0.154. The summed E-state index contributed by atoms with van der Waals surface area (Å²) < 4.78 is 11.2. The normalized spacial score (nSPS) is 11.6. The van der Waals surface area contributed by atoms with E-state index in [4.69, 9.17) is 9.47 Å². The summed E-state index contributed by atoms with van der Waals surface area (Å²) in [5, 5.41) is 0. The van der Waals surface area contributed by atoms with Gasteiger partial charge in [0.1, 0.15) is 13.2 Å². The molecule has 0 aliphatic heterocycles. The monoisotopic (exact) mass is 438 g/mol. The van der Waals surface area contributed by atoms with Gasteiger partial charge in [-0.3, -0.25) is 9.59 Å². The van der Waals surface area contributed by atoms with E-state index in [1.165, 1.54) is 11.1 Å². The second-order valence-corrected chi connectivity index (χ2v) is 9.76. The molecule has 0 saturated heterocycles. The highest BCUT2D eigenvalue weighted by Gasteiger charge is 2.40. The first-order valence-electron chi connectivity index (χ1n) is 11.5. The molecule has 0 spiro atoms. The number of hydrogen-bond acceptors (Lipinski definition) is 4. The summed E-state index contributed by atoms with van der Waals surface area (Å²) in [6, 6.07) is 15.9. The van der Waals surface area contributed by atoms with Gasteiger partial charge in [0.2, 0.25) is 0 Å². The van der Waals surface area contributed by atoms with Crippen LogP contribution < -0.4 is 0 Å². The number of esters is 2. The van der Waals surface area contributed by atoms with Crippen LogP contribution >= 0.6 is 0 Å². The first-order valence-corrected chi connectivity index (χ1v) is 11.5. The van der Waals surface area contributed by atoms with Gasteiger partial charge in [-0.05, 0) is 48.6 Å². The molecule has 4 nitrogen and oxygen atoms in total. The number of benzene rings is 2. The Kier molecular flexibility index (Phi) is 9.49. The molecule has 174 valence electrons. The van der Waals surface area contributed by atoms with Gasteiger partial charge in [0.15, 0.2) is 0 Å². The Balaban J connectivity index is 2.04. The topological polar surface area (TPSA) is 52.6 Å². The molecule has 0 saturated carbocycles. The summed E-state index contributed by atoms with van der Waals surface area (Å²) in [5.41, 5.74) is 3.75. The first-order chi connectivity index (χ1) is 15.1. The number of carbonyl (C=O) groups excluding carboxylic acids is 2. The predicted molar refractivity (Wildman–Crippen MR) is 128 cm³/mol. The maximum atomic E-state index is 12.8. The standard InChI is InChI=1S/C28H38O4/c1-20(2)15-28(21(3)4,16-26(29)31-18-24-11-7-22(5)8-12-24)17-27(30)32-19-25-13-9-23(6)10-14-25/h7-14,20-21H,15-19H2,1-6H3. The minimum Gasteiger partial charge on any atom is -0.461 e. The third-order valence-corrected chi connectivity index (χ3v) is 6.07. The van der Waals surface area contributed by atoms with Crippen molar-refractivity contribution in [1.82, 2.24) is 0 Å². The maximum Gasteiger partial charge on any atom is 0.306 e. The van der Waals surface area contributed by atoms with Crippen LogP contribution in [0.1, 0.15) is 69.2 Å². The molecule has 0 atom stereocenters. The molecule has 2 aromatic carbocycles. The molecule has 0 amide bonds. The van der Waals surface area contributed by atoms with Crippen LogP contribution in [0.15, 0.2) is 48.5 Å². The van der Waals surface area contributed by atoms with E-state index in [1.54, 1.807) is 0 Å². The largest absolute Gasteiger partial charge is 0.461 e. The van der Waals surface area contributed by atoms with Gasteiger partial charge >= 0.3 is 11.9 Å². The molecule has 0 heterocycles. The summed E-state index contributed by atoms with van der Waals surface area (Å²) in [5.74, 6) is -0.0755. The lowest BCUT2D eigenvalue weighted by atomic mass is 9.67. The van der Waals surface area contributed by atoms with E-state index in [2.05, 4.69) is 27.7 Å². The highest BCUT2D eigenvalue weighted by Crippen LogP contribution is 2.42. The van der Waals surface area contributed by atoms with E-state index in [-0.39, 0.29) is 43.9 Å². The summed E-state index contributed by atoms with van der Waals surface area (Å²) in [6.07, 6.45) is 1.16. The van der Waals surface area contributed by atoms with E-state index in [0.717, 1.165) is 17.5 Å². The molecule has 0 fully saturated rings. The highest BCUT2D eigenvalue weighted by molar-refractivity contribution is 5.74. The summed E-state index contributed by atoms with van der Waals surface area (Å²) >= 11 is 0. The number of hydrogen-bond donors (Lipinski definition) is 0. The minimum absolute atomic E-state index is 0.128. The third kappa shape index (κ3) is 8.14. The predicted octanol–water partition coefficient (Wildman–Crippen LogP) is 6.56. The zero-order valence-corrected chi connectivity index (χ0v) is 20.4. The van der Waals surface area contributed by atoms with Crippen molar-refractivity contribution in [2.24, 2.45) is 17.3 Å². The molecule has 0 unspecified atom stereocenters. The number of rotatable bonds is 11. The quantitative estimate of drug-likeness (QED) is 0.373. The van der Waals surface area contributed by atoms with E-state index < -0.39 is 5.41 Å². The van der Waals surface area contributed by atoms with Gasteiger partial charge in [-0.2, -0.15) is 0 Å². The molecule has 2 rings (SSSR count). The van der Waals surface area contributed by atoms with Gasteiger partial charge in [-0.1, -0.05) is 87.4 Å². The molecule has 2 aromatic rings. The third-order valence-electron chi connectivity index (χ3n) is 6.07. The fourth-order valence-corrected chi connectivity index (χ4v) is 4.04. The lowest BCUT2D eigenvalue weighted by Crippen LogP contribution is -2.35. The van der Waals surface area contributed by atoms with Crippen molar-refractivity contribution in [3.63, 3.8) is 0 Å². The van der Waals surface area contributed by atoms with Crippen molar-refractivity contribution in [3.05, 3.63) is 70.8 Å². The Morgan fingerprint density at radius 2 is 1.09 bits per heavy atom. The lowest BCUT2D eigenvalue weighted by Gasteiger charge is -2.37. The minimum atomic E-state index is -0.497. The van der Waals surface area contributed by atoms with Crippen molar-refractivity contribution >= 4 is 11.9 Å². The molecule has 0 aliphatic carbocycles. The van der Waals surface area contributed by atoms with E-state index in [1.807, 2.05) is 62.4 Å². The van der Waals surface area contributed by atoms with Gasteiger partial charge in [-0.15, -0.1) is 0 Å². The van der Waals surface area contributed by atoms with Crippen LogP contribution in [0.25, 0.3) is 0 Å². The Hall–Kier alpha value is -2.62. The number of ether oxygens (including phenoxy) is 2. The Bertz CT molecular complexity index is 800. The van der Waals surface area contributed by atoms with Crippen LogP contribution in [0.3, 0.4) is 0 Å². The number of aryl methyl sites for hydroxylation is 2. The Morgan fingerprint density at radius 1 is 0.719 bits per heavy atom. The second kappa shape index (κ2) is 11.8.